The van der Waals surface area contributed by atoms with Crippen LogP contribution in [0.4, 0.5) is 0 Å². The number of hydrogen-bond donors (Lipinski definition) is 3. The standard InChI is InChI=1S/C17H26N4O/c18-17(21-19)15-8-4-7-14(11-15)12-20-16(22)10-9-13-5-2-1-3-6-13/h4,7-8,11,13H,1-3,5-6,9-10,12,19H2,(H2,18,21)(H,20,22). The molecule has 5 N–H and O–H groups in total. The maximum atomic E-state index is 12.0. The van der Waals surface area contributed by atoms with Gasteiger partial charge in [-0.1, -0.05) is 50.3 Å². The molecule has 1 aliphatic rings. The van der Waals surface area contributed by atoms with Crippen molar-refractivity contribution in [3.05, 3.63) is 35.4 Å². The third-order valence-electron chi connectivity index (χ3n) is 4.36. The van der Waals surface area contributed by atoms with Crippen LogP contribution in [0.5, 0.6) is 0 Å². The van der Waals surface area contributed by atoms with E-state index in [1.54, 1.807) is 0 Å². The van der Waals surface area contributed by atoms with Crippen LogP contribution in [0.1, 0.15) is 56.1 Å². The molecule has 22 heavy (non-hydrogen) atoms. The molecule has 1 fully saturated rings. The number of nitrogens with zero attached hydrogens (tertiary/aromatic N) is 1. The Kier molecular flexibility index (Phi) is 6.25. The Balaban J connectivity index is 1.76. The first-order valence-electron chi connectivity index (χ1n) is 8.08. The second-order valence-corrected chi connectivity index (χ2v) is 6.03. The van der Waals surface area contributed by atoms with Gasteiger partial charge in [-0.15, -0.1) is 0 Å². The van der Waals surface area contributed by atoms with E-state index in [1.807, 2.05) is 24.3 Å². The lowest BCUT2D eigenvalue weighted by Crippen LogP contribution is -2.24. The fraction of sp³-hybridized carbons (Fsp3) is 0.529. The summed E-state index contributed by atoms with van der Waals surface area (Å²) in [7, 11) is 0. The zero-order valence-electron chi connectivity index (χ0n) is 13.1. The van der Waals surface area contributed by atoms with Gasteiger partial charge in [-0.2, -0.15) is 5.10 Å². The van der Waals surface area contributed by atoms with Gasteiger partial charge in [-0.3, -0.25) is 4.79 Å². The quantitative estimate of drug-likeness (QED) is 0.325. The lowest BCUT2D eigenvalue weighted by Gasteiger charge is -2.21. The normalized spacial score (nSPS) is 16.5. The lowest BCUT2D eigenvalue weighted by atomic mass is 9.86. The molecule has 0 bridgehead atoms. The van der Waals surface area contributed by atoms with Gasteiger partial charge in [0.2, 0.25) is 5.91 Å². The summed E-state index contributed by atoms with van der Waals surface area (Å²) < 4.78 is 0. The molecular formula is C17H26N4O. The second-order valence-electron chi connectivity index (χ2n) is 6.03. The summed E-state index contributed by atoms with van der Waals surface area (Å²) >= 11 is 0. The molecule has 120 valence electrons. The zero-order chi connectivity index (χ0) is 15.8. The Bertz CT molecular complexity index is 521. The van der Waals surface area contributed by atoms with Crippen molar-refractivity contribution < 1.29 is 4.79 Å². The number of nitrogens with one attached hydrogen (secondary N) is 1. The first kappa shape index (κ1) is 16.3. The van der Waals surface area contributed by atoms with Gasteiger partial charge < -0.3 is 16.9 Å². The van der Waals surface area contributed by atoms with E-state index in [0.717, 1.165) is 23.5 Å². The molecule has 5 heteroatoms. The van der Waals surface area contributed by atoms with Crippen LogP contribution in [0.3, 0.4) is 0 Å². The molecule has 1 saturated carbocycles. The zero-order valence-corrected chi connectivity index (χ0v) is 13.1. The van der Waals surface area contributed by atoms with Crippen LogP contribution < -0.4 is 16.9 Å². The van der Waals surface area contributed by atoms with Crippen molar-refractivity contribution in [2.24, 2.45) is 22.6 Å². The van der Waals surface area contributed by atoms with Gasteiger partial charge in [0, 0.05) is 18.5 Å². The Labute approximate surface area is 132 Å². The van der Waals surface area contributed by atoms with E-state index >= 15 is 0 Å². The van der Waals surface area contributed by atoms with Gasteiger partial charge >= 0.3 is 0 Å². The minimum Gasteiger partial charge on any atom is -0.382 e. The Morgan fingerprint density at radius 1 is 1.27 bits per heavy atom. The first-order valence-corrected chi connectivity index (χ1v) is 8.08. The average molecular weight is 302 g/mol. The lowest BCUT2D eigenvalue weighted by molar-refractivity contribution is -0.121. The van der Waals surface area contributed by atoms with Crippen LogP contribution in [-0.4, -0.2) is 11.7 Å². The van der Waals surface area contributed by atoms with E-state index in [0.29, 0.717) is 18.8 Å². The summed E-state index contributed by atoms with van der Waals surface area (Å²) in [6, 6.07) is 7.58. The maximum absolute atomic E-state index is 12.0. The van der Waals surface area contributed by atoms with Gasteiger partial charge in [0.15, 0.2) is 0 Å². The Morgan fingerprint density at radius 2 is 2.05 bits per heavy atom. The van der Waals surface area contributed by atoms with Crippen molar-refractivity contribution >= 4 is 11.7 Å². The molecule has 1 aliphatic carbocycles. The highest BCUT2D eigenvalue weighted by Crippen LogP contribution is 2.27. The van der Waals surface area contributed by atoms with E-state index in [2.05, 4.69) is 10.4 Å². The molecular weight excluding hydrogens is 276 g/mol. The summed E-state index contributed by atoms with van der Waals surface area (Å²) in [5.41, 5.74) is 7.46. The van der Waals surface area contributed by atoms with Gasteiger partial charge in [0.25, 0.3) is 0 Å². The Hall–Kier alpha value is -2.04. The fourth-order valence-electron chi connectivity index (χ4n) is 3.02. The van der Waals surface area contributed by atoms with E-state index in [9.17, 15) is 4.79 Å². The molecule has 1 aromatic rings. The SMILES string of the molecule is N/N=C(\N)c1cccc(CNC(=O)CCC2CCCCC2)c1. The van der Waals surface area contributed by atoms with Gasteiger partial charge in [-0.05, 0) is 24.0 Å². The first-order chi connectivity index (χ1) is 10.7. The van der Waals surface area contributed by atoms with Crippen molar-refractivity contribution in [3.8, 4) is 0 Å². The van der Waals surface area contributed by atoms with Crippen molar-refractivity contribution in [2.75, 3.05) is 0 Å². The molecule has 1 amide bonds. The smallest absolute Gasteiger partial charge is 0.220 e. The van der Waals surface area contributed by atoms with Crippen molar-refractivity contribution in [1.29, 1.82) is 0 Å². The molecule has 1 aromatic carbocycles. The van der Waals surface area contributed by atoms with Gasteiger partial charge in [0.05, 0.1) is 0 Å². The van der Waals surface area contributed by atoms with Gasteiger partial charge in [-0.25, -0.2) is 0 Å². The molecule has 0 aliphatic heterocycles. The molecule has 0 aromatic heterocycles. The number of amides is 1. The molecule has 0 saturated heterocycles. The third-order valence-corrected chi connectivity index (χ3v) is 4.36. The number of nitrogens with two attached hydrogens (primary N) is 2. The summed E-state index contributed by atoms with van der Waals surface area (Å²) in [5.74, 6) is 6.34. The fourth-order valence-corrected chi connectivity index (χ4v) is 3.02. The number of rotatable bonds is 6. The van der Waals surface area contributed by atoms with E-state index < -0.39 is 0 Å². The monoisotopic (exact) mass is 302 g/mol. The van der Waals surface area contributed by atoms with Crippen LogP contribution >= 0.6 is 0 Å². The second kappa shape index (κ2) is 8.41. The van der Waals surface area contributed by atoms with Crippen LogP contribution in [0.15, 0.2) is 29.4 Å². The number of hydrogen-bond acceptors (Lipinski definition) is 3. The molecule has 0 atom stereocenters. The van der Waals surface area contributed by atoms with Crippen LogP contribution in [0.2, 0.25) is 0 Å². The highest BCUT2D eigenvalue weighted by Gasteiger charge is 2.14. The van der Waals surface area contributed by atoms with Crippen LogP contribution in [0, 0.1) is 5.92 Å². The number of hydrazone groups is 1. The number of amidine groups is 1. The number of benzene rings is 1. The average Bonchev–Trinajstić information content (AvgIpc) is 2.58. The maximum Gasteiger partial charge on any atom is 0.220 e. The molecule has 0 unspecified atom stereocenters. The largest absolute Gasteiger partial charge is 0.382 e. The summed E-state index contributed by atoms with van der Waals surface area (Å²) in [6.07, 6.45) is 8.20. The summed E-state index contributed by atoms with van der Waals surface area (Å²) in [4.78, 5) is 12.0. The minimum atomic E-state index is 0.122. The highest BCUT2D eigenvalue weighted by atomic mass is 16.1. The van der Waals surface area contributed by atoms with Crippen LogP contribution in [-0.2, 0) is 11.3 Å². The number of carbonyl (C=O) groups is 1. The predicted molar refractivity (Wildman–Crippen MR) is 89.0 cm³/mol. The molecule has 0 heterocycles. The predicted octanol–water partition coefficient (Wildman–Crippen LogP) is 2.24. The van der Waals surface area contributed by atoms with E-state index in [1.165, 1.54) is 32.1 Å². The third kappa shape index (κ3) is 5.06. The van der Waals surface area contributed by atoms with E-state index in [4.69, 9.17) is 11.6 Å². The molecule has 0 radical (unpaired) electrons. The highest BCUT2D eigenvalue weighted by molar-refractivity contribution is 5.97. The van der Waals surface area contributed by atoms with Gasteiger partial charge in [0.1, 0.15) is 5.84 Å². The molecule has 2 rings (SSSR count). The van der Waals surface area contributed by atoms with Crippen molar-refractivity contribution in [3.63, 3.8) is 0 Å². The van der Waals surface area contributed by atoms with Crippen LogP contribution in [0.25, 0.3) is 0 Å². The summed E-state index contributed by atoms with van der Waals surface area (Å²) in [5, 5.41) is 6.46. The van der Waals surface area contributed by atoms with E-state index in [-0.39, 0.29) is 5.91 Å². The topological polar surface area (TPSA) is 93.5 Å². The summed E-state index contributed by atoms with van der Waals surface area (Å²) in [6.45, 7) is 0.509. The van der Waals surface area contributed by atoms with Crippen molar-refractivity contribution in [1.82, 2.24) is 5.32 Å². The van der Waals surface area contributed by atoms with Crippen molar-refractivity contribution in [2.45, 2.75) is 51.5 Å². The number of carbonyl (C=O) groups excluding carboxylic acids is 1. The minimum absolute atomic E-state index is 0.122. The molecule has 5 nitrogen and oxygen atoms in total. The Morgan fingerprint density at radius 3 is 2.77 bits per heavy atom. The molecule has 0 spiro atoms.